The molecule has 1 saturated heterocycles. The number of hydrogen-bond acceptors (Lipinski definition) is 8. The monoisotopic (exact) mass is 647 g/mol. The van der Waals surface area contributed by atoms with Gasteiger partial charge in [0.25, 0.3) is 0 Å². The quantitative estimate of drug-likeness (QED) is 0.108. The number of furan rings is 1. The van der Waals surface area contributed by atoms with Gasteiger partial charge >= 0.3 is 0 Å². The minimum absolute atomic E-state index is 0.0293. The number of rotatable bonds is 9. The number of ether oxygens (including phenoxy) is 1. The normalized spacial score (nSPS) is 35.8. The Balaban J connectivity index is 1.16. The van der Waals surface area contributed by atoms with E-state index in [4.69, 9.17) is 15.0 Å². The minimum atomic E-state index is -1.05. The number of phenolic OH excluding ortho intramolecular Hbond substituents is 1. The van der Waals surface area contributed by atoms with E-state index in [2.05, 4.69) is 34.4 Å². The molecule has 9 heteroatoms. The first-order valence-corrected chi connectivity index (χ1v) is 15.8. The summed E-state index contributed by atoms with van der Waals surface area (Å²) in [7, 11) is 0. The summed E-state index contributed by atoms with van der Waals surface area (Å²) < 4.78 is 12.7. The number of hydrogen-bond donors (Lipinski definition) is 4. The van der Waals surface area contributed by atoms with Crippen molar-refractivity contribution < 1.29 is 24.5 Å². The lowest BCUT2D eigenvalue weighted by Crippen LogP contribution is -2.75. The molecule has 7 rings (SSSR count). The van der Waals surface area contributed by atoms with Crippen LogP contribution >= 0.6 is 22.6 Å². The van der Waals surface area contributed by atoms with Crippen LogP contribution in [0.3, 0.4) is 0 Å². The largest absolute Gasteiger partial charge is 0.504 e. The molecule has 7 unspecified atom stereocenters. The topological polar surface area (TPSA) is 116 Å². The van der Waals surface area contributed by atoms with Crippen molar-refractivity contribution in [1.29, 1.82) is 0 Å². The lowest BCUT2D eigenvalue weighted by atomic mass is 9.53. The molecule has 3 heterocycles. The van der Waals surface area contributed by atoms with Crippen molar-refractivity contribution in [3.63, 3.8) is 0 Å². The van der Waals surface area contributed by atoms with Gasteiger partial charge in [-0.2, -0.15) is 0 Å². The van der Waals surface area contributed by atoms with Crippen molar-refractivity contribution >= 4 is 28.7 Å². The standard InChI is InChI=1S/C30H38IN3O5/c1-17-10-21(17)23-11-19(15-38-23)4-7-26(36)34(32)14-25-29-8-9-33(13-18-2-3-18)24(30(29,37)16-31)12-20-5-6-22(35)28(39-25)27(20)29/h4-7,11,15,17-18,21,24-26,35-37H,2-3,8-10,12-14,16,32H2,1H3. The number of halogens is 1. The van der Waals surface area contributed by atoms with Crippen molar-refractivity contribution in [2.24, 2.45) is 17.7 Å². The molecule has 3 fully saturated rings. The van der Waals surface area contributed by atoms with Crippen LogP contribution in [-0.4, -0.2) is 73.3 Å². The van der Waals surface area contributed by atoms with E-state index < -0.39 is 23.3 Å². The molecule has 210 valence electrons. The number of hydrazine groups is 1. The molecular weight excluding hydrogens is 609 g/mol. The summed E-state index contributed by atoms with van der Waals surface area (Å²) in [5, 5.41) is 35.7. The third-order valence-corrected chi connectivity index (χ3v) is 11.3. The van der Waals surface area contributed by atoms with Gasteiger partial charge in [0.05, 0.1) is 18.2 Å². The summed E-state index contributed by atoms with van der Waals surface area (Å²) in [6.45, 7) is 4.30. The predicted octanol–water partition coefficient (Wildman–Crippen LogP) is 3.52. The van der Waals surface area contributed by atoms with Crippen molar-refractivity contribution in [3.8, 4) is 11.5 Å². The number of benzene rings is 1. The number of aliphatic hydroxyl groups excluding tert-OH is 1. The van der Waals surface area contributed by atoms with Gasteiger partial charge in [0, 0.05) is 34.1 Å². The minimum Gasteiger partial charge on any atom is -0.504 e. The summed E-state index contributed by atoms with van der Waals surface area (Å²) in [5.41, 5.74) is 1.20. The maximum atomic E-state index is 12.6. The third kappa shape index (κ3) is 4.10. The zero-order chi connectivity index (χ0) is 27.1. The second-order valence-corrected chi connectivity index (χ2v) is 13.3. The molecule has 7 atom stereocenters. The van der Waals surface area contributed by atoms with Crippen molar-refractivity contribution in [2.45, 2.75) is 74.3 Å². The van der Waals surface area contributed by atoms with E-state index in [-0.39, 0.29) is 18.3 Å². The number of likely N-dealkylation sites (tertiary alicyclic amines) is 1. The fourth-order valence-corrected chi connectivity index (χ4v) is 8.79. The summed E-state index contributed by atoms with van der Waals surface area (Å²) in [6.07, 6.45) is 8.75. The average molecular weight is 648 g/mol. The molecule has 1 aromatic heterocycles. The molecule has 1 aromatic carbocycles. The first-order chi connectivity index (χ1) is 18.7. The summed E-state index contributed by atoms with van der Waals surface area (Å²) >= 11 is 2.31. The zero-order valence-electron chi connectivity index (χ0n) is 22.3. The number of fused-ring (bicyclic) bond motifs is 1. The third-order valence-electron chi connectivity index (χ3n) is 10.1. The molecule has 3 aliphatic carbocycles. The second-order valence-electron chi connectivity index (χ2n) is 12.6. The van der Waals surface area contributed by atoms with Crippen LogP contribution in [0, 0.1) is 11.8 Å². The van der Waals surface area contributed by atoms with Gasteiger partial charge in [-0.3, -0.25) is 10.7 Å². The molecule has 0 amide bonds. The highest BCUT2D eigenvalue weighted by atomic mass is 127. The van der Waals surface area contributed by atoms with Crippen LogP contribution in [0.1, 0.15) is 61.0 Å². The highest BCUT2D eigenvalue weighted by molar-refractivity contribution is 14.1. The number of aliphatic hydroxyl groups is 2. The van der Waals surface area contributed by atoms with E-state index in [0.29, 0.717) is 28.4 Å². The molecule has 2 bridgehead atoms. The molecule has 2 aliphatic heterocycles. The Bertz CT molecular complexity index is 1300. The SMILES string of the molecule is CC1CC1c1cc(C=CC(O)N(N)CC2Oc3c(O)ccc4c3C23CCN(CC2CC2)C(C4)C3(O)CI)co1. The van der Waals surface area contributed by atoms with Gasteiger partial charge in [-0.15, -0.1) is 0 Å². The summed E-state index contributed by atoms with van der Waals surface area (Å²) in [5.74, 6) is 9.89. The number of piperidine rings is 1. The van der Waals surface area contributed by atoms with Gasteiger partial charge in [-0.05, 0) is 74.3 Å². The van der Waals surface area contributed by atoms with Gasteiger partial charge in [0.15, 0.2) is 11.5 Å². The van der Waals surface area contributed by atoms with E-state index >= 15 is 0 Å². The van der Waals surface area contributed by atoms with Crippen LogP contribution in [0.5, 0.6) is 11.5 Å². The van der Waals surface area contributed by atoms with Crippen molar-refractivity contribution in [3.05, 3.63) is 53.0 Å². The maximum Gasteiger partial charge on any atom is 0.165 e. The van der Waals surface area contributed by atoms with Crippen LogP contribution < -0.4 is 10.6 Å². The van der Waals surface area contributed by atoms with E-state index in [0.717, 1.165) is 54.3 Å². The Morgan fingerprint density at radius 2 is 2.13 bits per heavy atom. The Hall–Kier alpha value is -1.63. The fourth-order valence-electron chi connectivity index (χ4n) is 7.60. The lowest BCUT2D eigenvalue weighted by molar-refractivity contribution is -0.155. The number of phenols is 1. The van der Waals surface area contributed by atoms with Gasteiger partial charge in [0.1, 0.15) is 23.7 Å². The van der Waals surface area contributed by atoms with Gasteiger partial charge < -0.3 is 24.5 Å². The van der Waals surface area contributed by atoms with Gasteiger partial charge in [-0.25, -0.2) is 5.01 Å². The molecule has 39 heavy (non-hydrogen) atoms. The predicted molar refractivity (Wildman–Crippen MR) is 156 cm³/mol. The smallest absolute Gasteiger partial charge is 0.165 e. The Morgan fingerprint density at radius 1 is 1.33 bits per heavy atom. The van der Waals surface area contributed by atoms with Gasteiger partial charge in [-0.1, -0.05) is 41.7 Å². The Labute approximate surface area is 242 Å². The van der Waals surface area contributed by atoms with Gasteiger partial charge in [0.2, 0.25) is 0 Å². The molecule has 0 radical (unpaired) electrons. The molecular formula is C30H38IN3O5. The van der Waals surface area contributed by atoms with E-state index in [1.54, 1.807) is 18.4 Å². The number of aromatic hydroxyl groups is 1. The highest BCUT2D eigenvalue weighted by Gasteiger charge is 2.70. The van der Waals surface area contributed by atoms with Crippen molar-refractivity contribution in [1.82, 2.24) is 9.91 Å². The lowest BCUT2D eigenvalue weighted by Gasteiger charge is -2.61. The fraction of sp³-hybridized carbons (Fsp3) is 0.600. The number of nitrogens with zero attached hydrogens (tertiary/aromatic N) is 2. The molecule has 2 saturated carbocycles. The molecule has 5 aliphatic rings. The van der Waals surface area contributed by atoms with Crippen LogP contribution in [0.25, 0.3) is 6.08 Å². The summed E-state index contributed by atoms with van der Waals surface area (Å²) in [6, 6.07) is 5.70. The maximum absolute atomic E-state index is 12.6. The molecule has 5 N–H and O–H groups in total. The molecule has 1 spiro atoms. The Morgan fingerprint density at radius 3 is 2.85 bits per heavy atom. The first-order valence-electron chi connectivity index (χ1n) is 14.3. The zero-order valence-corrected chi connectivity index (χ0v) is 24.5. The van der Waals surface area contributed by atoms with E-state index in [1.165, 1.54) is 17.9 Å². The van der Waals surface area contributed by atoms with Crippen LogP contribution in [-0.2, 0) is 11.8 Å². The highest BCUT2D eigenvalue weighted by Crippen LogP contribution is 2.62. The molecule has 2 aromatic rings. The Kier molecular flexibility index (Phi) is 6.37. The van der Waals surface area contributed by atoms with Crippen LogP contribution in [0.4, 0.5) is 0 Å². The molecule has 8 nitrogen and oxygen atoms in total. The second kappa shape index (κ2) is 9.46. The number of alkyl halides is 1. The number of nitrogens with two attached hydrogens (primary N) is 1. The first kappa shape index (κ1) is 26.3. The van der Waals surface area contributed by atoms with Crippen molar-refractivity contribution in [2.75, 3.05) is 24.1 Å². The summed E-state index contributed by atoms with van der Waals surface area (Å²) in [4.78, 5) is 2.49. The van der Waals surface area contributed by atoms with E-state index in [1.807, 2.05) is 18.2 Å². The van der Waals surface area contributed by atoms with E-state index in [9.17, 15) is 15.3 Å². The average Bonchev–Trinajstić information content (AvgIpc) is 3.80. The van der Waals surface area contributed by atoms with Crippen LogP contribution in [0.15, 0.2) is 35.0 Å². The van der Waals surface area contributed by atoms with Crippen LogP contribution in [0.2, 0.25) is 0 Å².